The second-order valence-corrected chi connectivity index (χ2v) is 3.20. The van der Waals surface area contributed by atoms with Gasteiger partial charge in [-0.2, -0.15) is 8.78 Å². The van der Waals surface area contributed by atoms with Gasteiger partial charge in [0.2, 0.25) is 0 Å². The molecule has 0 bridgehead atoms. The van der Waals surface area contributed by atoms with Crippen molar-refractivity contribution in [3.63, 3.8) is 0 Å². The second-order valence-electron chi connectivity index (χ2n) is 2.45. The van der Waals surface area contributed by atoms with Crippen molar-refractivity contribution in [1.29, 1.82) is 0 Å². The molecule has 0 amide bonds. The highest BCUT2D eigenvalue weighted by molar-refractivity contribution is 7.71. The van der Waals surface area contributed by atoms with Gasteiger partial charge < -0.3 is 4.57 Å². The number of aromatic nitrogens is 2. The first kappa shape index (κ1) is 10.6. The van der Waals surface area contributed by atoms with Crippen LogP contribution in [0.3, 0.4) is 0 Å². The van der Waals surface area contributed by atoms with E-state index in [-0.39, 0.29) is 4.77 Å². The Labute approximate surface area is 82.5 Å². The zero-order valence-corrected chi connectivity index (χ0v) is 8.12. The van der Waals surface area contributed by atoms with Crippen molar-refractivity contribution in [2.24, 2.45) is 7.05 Å². The second kappa shape index (κ2) is 3.34. The van der Waals surface area contributed by atoms with Crippen LogP contribution in [0.15, 0.2) is 12.4 Å². The van der Waals surface area contributed by atoms with Crippen LogP contribution in [0.4, 0.5) is 13.2 Å². The van der Waals surface area contributed by atoms with Gasteiger partial charge in [-0.05, 0) is 12.2 Å². The van der Waals surface area contributed by atoms with E-state index in [2.05, 4.69) is 12.2 Å². The maximum absolute atomic E-state index is 12.9. The van der Waals surface area contributed by atoms with Crippen molar-refractivity contribution < 1.29 is 13.2 Å². The minimum absolute atomic E-state index is 0.187. The molecule has 0 aromatic carbocycles. The molecule has 1 aromatic rings. The molecule has 1 unspecified atom stereocenters. The van der Waals surface area contributed by atoms with Gasteiger partial charge in [0.15, 0.2) is 4.77 Å². The number of hydrogen-bond acceptors (Lipinski definition) is 1. The number of rotatable bonds is 2. The smallest absolute Gasteiger partial charge is 0.327 e. The molecule has 1 rings (SSSR count). The number of aryl methyl sites for hydroxylation is 1. The first-order valence-corrected chi connectivity index (χ1v) is 4.12. The fourth-order valence-electron chi connectivity index (χ4n) is 0.796. The van der Waals surface area contributed by atoms with Gasteiger partial charge in [-0.15, -0.1) is 0 Å². The maximum Gasteiger partial charge on any atom is 0.376 e. The Hall–Kier alpha value is -0.490. The molecule has 0 aliphatic rings. The lowest BCUT2D eigenvalue weighted by atomic mass is 10.6. The molecule has 0 saturated heterocycles. The number of nitrogens with zero attached hydrogens (tertiary/aromatic N) is 2. The topological polar surface area (TPSA) is 9.86 Å². The average molecular weight is 231 g/mol. The van der Waals surface area contributed by atoms with Gasteiger partial charge in [0.1, 0.15) is 0 Å². The van der Waals surface area contributed by atoms with Crippen molar-refractivity contribution in [2.45, 2.75) is 11.7 Å². The zero-order chi connectivity index (χ0) is 10.2. The molecule has 7 heteroatoms. The summed E-state index contributed by atoms with van der Waals surface area (Å²) in [5, 5.41) is 0. The van der Waals surface area contributed by atoms with E-state index in [1.54, 1.807) is 0 Å². The van der Waals surface area contributed by atoms with Crippen molar-refractivity contribution in [1.82, 2.24) is 9.13 Å². The Kier molecular flexibility index (Phi) is 2.72. The van der Waals surface area contributed by atoms with Gasteiger partial charge in [0.25, 0.3) is 5.63 Å². The predicted octanol–water partition coefficient (Wildman–Crippen LogP) is 2.64. The van der Waals surface area contributed by atoms with Crippen molar-refractivity contribution in [2.75, 3.05) is 0 Å². The lowest BCUT2D eigenvalue weighted by Gasteiger charge is -2.17. The molecule has 0 aliphatic carbocycles. The van der Waals surface area contributed by atoms with Crippen LogP contribution >= 0.6 is 23.8 Å². The summed E-state index contributed by atoms with van der Waals surface area (Å²) in [4.78, 5) is 0. The lowest BCUT2D eigenvalue weighted by Crippen LogP contribution is -2.30. The Morgan fingerprint density at radius 1 is 1.54 bits per heavy atom. The van der Waals surface area contributed by atoms with Crippen LogP contribution in [0.2, 0.25) is 0 Å². The number of halogens is 4. The molecule has 13 heavy (non-hydrogen) atoms. The highest BCUT2D eigenvalue weighted by atomic mass is 35.5. The van der Waals surface area contributed by atoms with Gasteiger partial charge in [-0.25, -0.2) is 4.39 Å². The highest BCUT2D eigenvalue weighted by Gasteiger charge is 2.41. The third kappa shape index (κ3) is 1.73. The third-order valence-electron chi connectivity index (χ3n) is 1.53. The van der Waals surface area contributed by atoms with E-state index < -0.39 is 11.7 Å². The molecular formula is C6H6ClF3N2S. The lowest BCUT2D eigenvalue weighted by molar-refractivity contribution is -0.117. The zero-order valence-electron chi connectivity index (χ0n) is 6.55. The standard InChI is InChI=1S/C6H6ClF3N2S/c1-11-2-3-12(5(11)13)6(9,10)4(7)8/h2-4H,1H3. The molecule has 0 N–H and O–H groups in total. The van der Waals surface area contributed by atoms with E-state index in [1.165, 1.54) is 17.8 Å². The Morgan fingerprint density at radius 3 is 2.38 bits per heavy atom. The highest BCUT2D eigenvalue weighted by Crippen LogP contribution is 2.30. The summed E-state index contributed by atoms with van der Waals surface area (Å²) in [6.07, 6.45) is 2.28. The summed E-state index contributed by atoms with van der Waals surface area (Å²) in [7, 11) is 1.48. The van der Waals surface area contributed by atoms with Gasteiger partial charge in [0, 0.05) is 19.4 Å². The van der Waals surface area contributed by atoms with Crippen LogP contribution in [0.1, 0.15) is 0 Å². The molecule has 0 spiro atoms. The molecule has 0 saturated carbocycles. The fourth-order valence-corrected chi connectivity index (χ4v) is 1.14. The third-order valence-corrected chi connectivity index (χ3v) is 2.28. The van der Waals surface area contributed by atoms with Gasteiger partial charge in [0.05, 0.1) is 0 Å². The van der Waals surface area contributed by atoms with E-state index >= 15 is 0 Å². The molecule has 0 fully saturated rings. The molecule has 2 nitrogen and oxygen atoms in total. The minimum atomic E-state index is -3.81. The van der Waals surface area contributed by atoms with E-state index in [9.17, 15) is 13.2 Å². The quantitative estimate of drug-likeness (QED) is 0.561. The summed E-state index contributed by atoms with van der Waals surface area (Å²) in [5.74, 6) is 0. The molecule has 0 radical (unpaired) electrons. The van der Waals surface area contributed by atoms with E-state index in [1.807, 2.05) is 0 Å². The van der Waals surface area contributed by atoms with Crippen molar-refractivity contribution in [3.05, 3.63) is 17.2 Å². The van der Waals surface area contributed by atoms with Gasteiger partial charge >= 0.3 is 6.05 Å². The number of imidazole rings is 1. The summed E-state index contributed by atoms with van der Waals surface area (Å²) in [6.45, 7) is 0. The van der Waals surface area contributed by atoms with Crippen molar-refractivity contribution >= 4 is 23.8 Å². The van der Waals surface area contributed by atoms with E-state index in [0.29, 0.717) is 4.57 Å². The van der Waals surface area contributed by atoms with Gasteiger partial charge in [-0.3, -0.25) is 4.57 Å². The Balaban J connectivity index is 3.23. The van der Waals surface area contributed by atoms with Gasteiger partial charge in [-0.1, -0.05) is 11.6 Å². The summed E-state index contributed by atoms with van der Waals surface area (Å²) >= 11 is 9.31. The minimum Gasteiger partial charge on any atom is -0.327 e. The summed E-state index contributed by atoms with van der Waals surface area (Å²) < 4.78 is 39.5. The summed E-state index contributed by atoms with van der Waals surface area (Å²) in [6, 6.07) is -3.81. The predicted molar refractivity (Wildman–Crippen MR) is 45.2 cm³/mol. The molecular weight excluding hydrogens is 225 g/mol. The maximum atomic E-state index is 12.9. The SMILES string of the molecule is Cn1ccn(C(F)(F)C(F)Cl)c1=S. The molecule has 1 heterocycles. The molecule has 1 aromatic heterocycles. The Morgan fingerprint density at radius 2 is 2.08 bits per heavy atom. The largest absolute Gasteiger partial charge is 0.376 e. The monoisotopic (exact) mass is 230 g/mol. The van der Waals surface area contributed by atoms with Crippen molar-refractivity contribution in [3.8, 4) is 0 Å². The summed E-state index contributed by atoms with van der Waals surface area (Å²) in [5.41, 5.74) is -2.79. The Bertz CT molecular complexity index is 357. The van der Waals surface area contributed by atoms with Crippen LogP contribution < -0.4 is 0 Å². The van der Waals surface area contributed by atoms with Crippen LogP contribution in [0.25, 0.3) is 0 Å². The fraction of sp³-hybridized carbons (Fsp3) is 0.500. The molecule has 74 valence electrons. The van der Waals surface area contributed by atoms with Crippen LogP contribution in [-0.4, -0.2) is 14.8 Å². The molecule has 1 atom stereocenters. The van der Waals surface area contributed by atoms with Crippen LogP contribution in [0, 0.1) is 4.77 Å². The van der Waals surface area contributed by atoms with Crippen LogP contribution in [-0.2, 0) is 13.1 Å². The van der Waals surface area contributed by atoms with Crippen LogP contribution in [0.5, 0.6) is 0 Å². The van der Waals surface area contributed by atoms with E-state index in [4.69, 9.17) is 11.6 Å². The number of alkyl halides is 4. The average Bonchev–Trinajstić information content (AvgIpc) is 2.33. The number of hydrogen-bond donors (Lipinski definition) is 0. The first-order valence-electron chi connectivity index (χ1n) is 3.27. The van der Waals surface area contributed by atoms with E-state index in [0.717, 1.165) is 6.20 Å². The normalized spacial score (nSPS) is 14.5. The molecule has 0 aliphatic heterocycles. The first-order chi connectivity index (χ1) is 5.87.